The second kappa shape index (κ2) is 7.38. The van der Waals surface area contributed by atoms with Crippen LogP contribution in [0, 0.1) is 11.3 Å². The Morgan fingerprint density at radius 1 is 0.941 bits per heavy atom. The van der Waals surface area contributed by atoms with Gasteiger partial charge in [-0.25, -0.2) is 4.39 Å². The Kier molecular flexibility index (Phi) is 7.35. The minimum absolute atomic E-state index is 0.131. The van der Waals surface area contributed by atoms with E-state index >= 15 is 0 Å². The van der Waals surface area contributed by atoms with Crippen LogP contribution in [0.4, 0.5) is 4.39 Å². The maximum atomic E-state index is 13.8. The molecule has 0 saturated heterocycles. The van der Waals surface area contributed by atoms with Crippen molar-refractivity contribution in [1.82, 2.24) is 0 Å². The largest absolute Gasteiger partial charge is 0.244 e. The minimum atomic E-state index is -1.04. The average Bonchev–Trinajstić information content (AvgIpc) is 2.09. The third kappa shape index (κ3) is 9.62. The molecule has 17 heavy (non-hydrogen) atoms. The van der Waals surface area contributed by atoms with Crippen molar-refractivity contribution in [2.24, 2.45) is 11.3 Å². The van der Waals surface area contributed by atoms with Gasteiger partial charge in [0, 0.05) is 0 Å². The maximum absolute atomic E-state index is 13.8. The molecule has 0 rings (SSSR count). The van der Waals surface area contributed by atoms with E-state index in [1.807, 2.05) is 0 Å². The van der Waals surface area contributed by atoms with Crippen molar-refractivity contribution in [2.45, 2.75) is 92.2 Å². The molecule has 0 aliphatic rings. The fourth-order valence-corrected chi connectivity index (χ4v) is 3.24. The zero-order chi connectivity index (χ0) is 13.5. The van der Waals surface area contributed by atoms with Crippen molar-refractivity contribution in [1.29, 1.82) is 0 Å². The number of alkyl halides is 1. The molecular weight excluding hydrogens is 211 g/mol. The van der Waals surface area contributed by atoms with Crippen molar-refractivity contribution in [3.63, 3.8) is 0 Å². The van der Waals surface area contributed by atoms with Crippen LogP contribution in [0.3, 0.4) is 0 Å². The molecule has 0 saturated carbocycles. The summed E-state index contributed by atoms with van der Waals surface area (Å²) in [6.45, 7) is 12.4. The quantitative estimate of drug-likeness (QED) is 0.456. The van der Waals surface area contributed by atoms with Gasteiger partial charge < -0.3 is 0 Å². The lowest BCUT2D eigenvalue weighted by molar-refractivity contribution is 0.106. The second-order valence-corrected chi connectivity index (χ2v) is 7.06. The fourth-order valence-electron chi connectivity index (χ4n) is 3.24. The Balaban J connectivity index is 4.29. The van der Waals surface area contributed by atoms with Crippen molar-refractivity contribution >= 4 is 0 Å². The van der Waals surface area contributed by atoms with Gasteiger partial charge in [-0.15, -0.1) is 0 Å². The third-order valence-corrected chi connectivity index (χ3v) is 3.40. The number of hydrogen-bond acceptors (Lipinski definition) is 0. The van der Waals surface area contributed by atoms with Crippen molar-refractivity contribution in [3.05, 3.63) is 0 Å². The maximum Gasteiger partial charge on any atom is 0.106 e. The van der Waals surface area contributed by atoms with Crippen LogP contribution >= 0.6 is 0 Å². The number of rotatable bonds is 9. The molecule has 0 bridgehead atoms. The topological polar surface area (TPSA) is 0 Å². The first-order chi connectivity index (χ1) is 7.70. The van der Waals surface area contributed by atoms with Crippen LogP contribution < -0.4 is 0 Å². The lowest BCUT2D eigenvalue weighted by Crippen LogP contribution is -2.26. The van der Waals surface area contributed by atoms with E-state index < -0.39 is 5.67 Å². The lowest BCUT2D eigenvalue weighted by Gasteiger charge is -2.33. The van der Waals surface area contributed by atoms with Gasteiger partial charge >= 0.3 is 0 Å². The van der Waals surface area contributed by atoms with Gasteiger partial charge in [0.05, 0.1) is 0 Å². The highest BCUT2D eigenvalue weighted by Crippen LogP contribution is 2.38. The van der Waals surface area contributed by atoms with Gasteiger partial charge in [0.1, 0.15) is 5.67 Å². The Labute approximate surface area is 108 Å². The minimum Gasteiger partial charge on any atom is -0.244 e. The smallest absolute Gasteiger partial charge is 0.106 e. The molecule has 0 N–H and O–H groups in total. The molecule has 0 aliphatic carbocycles. The summed E-state index contributed by atoms with van der Waals surface area (Å²) in [5.74, 6) is 0.789. The van der Waals surface area contributed by atoms with Crippen molar-refractivity contribution < 1.29 is 4.39 Å². The first-order valence-corrected chi connectivity index (χ1v) is 7.39. The number of halogens is 1. The molecule has 0 aromatic heterocycles. The summed E-state index contributed by atoms with van der Waals surface area (Å²) in [7, 11) is 0. The van der Waals surface area contributed by atoms with E-state index in [1.54, 1.807) is 13.8 Å². The van der Waals surface area contributed by atoms with Crippen LogP contribution in [0.25, 0.3) is 0 Å². The van der Waals surface area contributed by atoms with Crippen molar-refractivity contribution in [3.8, 4) is 0 Å². The SMILES string of the molecule is CCCCC(CCC)CC(C)(C)CC(C)(C)F. The predicted octanol–water partition coefficient (Wildman–Crippen LogP) is 6.15. The van der Waals surface area contributed by atoms with Gasteiger partial charge in [-0.2, -0.15) is 0 Å². The highest BCUT2D eigenvalue weighted by molar-refractivity contribution is 4.81. The Morgan fingerprint density at radius 3 is 1.94 bits per heavy atom. The van der Waals surface area contributed by atoms with Crippen LogP contribution in [0.2, 0.25) is 0 Å². The number of hydrogen-bond donors (Lipinski definition) is 0. The Bertz CT molecular complexity index is 188. The van der Waals surface area contributed by atoms with Crippen LogP contribution in [0.1, 0.15) is 86.5 Å². The monoisotopic (exact) mass is 244 g/mol. The van der Waals surface area contributed by atoms with Gasteiger partial charge in [-0.05, 0) is 38.0 Å². The van der Waals surface area contributed by atoms with Crippen LogP contribution in [-0.4, -0.2) is 5.67 Å². The first-order valence-electron chi connectivity index (χ1n) is 7.39. The first kappa shape index (κ1) is 16.9. The average molecular weight is 244 g/mol. The van der Waals surface area contributed by atoms with Gasteiger partial charge in [0.25, 0.3) is 0 Å². The summed E-state index contributed by atoms with van der Waals surface area (Å²) >= 11 is 0. The molecule has 104 valence electrons. The highest BCUT2D eigenvalue weighted by atomic mass is 19.1. The van der Waals surface area contributed by atoms with Gasteiger partial charge in [-0.3, -0.25) is 0 Å². The zero-order valence-electron chi connectivity index (χ0n) is 12.9. The molecular formula is C16H33F. The summed E-state index contributed by atoms with van der Waals surface area (Å²) in [6.07, 6.45) is 8.32. The Hall–Kier alpha value is -0.0700. The fraction of sp³-hybridized carbons (Fsp3) is 1.00. The van der Waals surface area contributed by atoms with Crippen LogP contribution in [0.15, 0.2) is 0 Å². The van der Waals surface area contributed by atoms with E-state index in [-0.39, 0.29) is 5.41 Å². The highest BCUT2D eigenvalue weighted by Gasteiger charge is 2.30. The number of unbranched alkanes of at least 4 members (excludes halogenated alkanes) is 1. The summed E-state index contributed by atoms with van der Waals surface area (Å²) in [5, 5.41) is 0. The molecule has 1 unspecified atom stereocenters. The molecule has 0 nitrogen and oxygen atoms in total. The molecule has 0 radical (unpaired) electrons. The van der Waals surface area contributed by atoms with E-state index in [2.05, 4.69) is 27.7 Å². The van der Waals surface area contributed by atoms with E-state index in [4.69, 9.17) is 0 Å². The molecule has 0 fully saturated rings. The second-order valence-electron chi connectivity index (χ2n) is 7.06. The molecule has 0 aromatic rings. The van der Waals surface area contributed by atoms with E-state index in [1.165, 1.54) is 38.5 Å². The normalized spacial score (nSPS) is 15.0. The molecule has 0 aliphatic heterocycles. The summed E-state index contributed by atoms with van der Waals surface area (Å²) in [4.78, 5) is 0. The van der Waals surface area contributed by atoms with Crippen LogP contribution in [-0.2, 0) is 0 Å². The third-order valence-electron chi connectivity index (χ3n) is 3.40. The molecule has 1 heteroatoms. The molecule has 0 heterocycles. The summed E-state index contributed by atoms with van der Waals surface area (Å²) in [6, 6.07) is 0. The molecule has 0 amide bonds. The Morgan fingerprint density at radius 2 is 1.53 bits per heavy atom. The summed E-state index contributed by atoms with van der Waals surface area (Å²) < 4.78 is 13.8. The van der Waals surface area contributed by atoms with Gasteiger partial charge in [0.15, 0.2) is 0 Å². The van der Waals surface area contributed by atoms with Crippen LogP contribution in [0.5, 0.6) is 0 Å². The molecule has 0 aromatic carbocycles. The standard InChI is InChI=1S/C16H33F/c1-7-9-11-14(10-8-2)12-15(3,4)13-16(5,6)17/h14H,7-13H2,1-6H3. The van der Waals surface area contributed by atoms with Crippen molar-refractivity contribution in [2.75, 3.05) is 0 Å². The summed E-state index contributed by atoms with van der Waals surface area (Å²) in [5.41, 5.74) is -0.906. The van der Waals surface area contributed by atoms with E-state index in [0.29, 0.717) is 6.42 Å². The molecule has 0 spiro atoms. The lowest BCUT2D eigenvalue weighted by atomic mass is 9.74. The van der Waals surface area contributed by atoms with E-state index in [0.717, 1.165) is 5.92 Å². The predicted molar refractivity (Wildman–Crippen MR) is 76.1 cm³/mol. The van der Waals surface area contributed by atoms with E-state index in [9.17, 15) is 4.39 Å². The molecule has 1 atom stereocenters. The van der Waals surface area contributed by atoms with Gasteiger partial charge in [0.2, 0.25) is 0 Å². The van der Waals surface area contributed by atoms with Gasteiger partial charge in [-0.1, -0.05) is 59.8 Å². The zero-order valence-corrected chi connectivity index (χ0v) is 12.9.